The van der Waals surface area contributed by atoms with Crippen LogP contribution in [0, 0.1) is 52.2 Å². The van der Waals surface area contributed by atoms with E-state index in [-0.39, 0.29) is 50.6 Å². The Morgan fingerprint density at radius 2 is 1.17 bits per heavy atom. The van der Waals surface area contributed by atoms with Gasteiger partial charge in [-0.3, -0.25) is 4.79 Å². The van der Waals surface area contributed by atoms with E-state index in [2.05, 4.69) is 39.9 Å². The largest absolute Gasteiger partial charge is 3.00 e. The number of sulfonamides is 1. The molecule has 151 valence electrons. The molecule has 29 heavy (non-hydrogen) atoms. The summed E-state index contributed by atoms with van der Waals surface area (Å²) in [6.07, 6.45) is 6.73. The molecule has 0 atom stereocenters. The number of fused-ring (bicyclic) bond motifs is 1. The number of carbonyl (C=O) groups is 1. The van der Waals surface area contributed by atoms with Crippen molar-refractivity contribution in [2.45, 2.75) is 4.90 Å². The summed E-state index contributed by atoms with van der Waals surface area (Å²) in [5, 5.41) is 0. The van der Waals surface area contributed by atoms with Crippen LogP contribution in [0.2, 0.25) is 0 Å². The van der Waals surface area contributed by atoms with Gasteiger partial charge in [-0.2, -0.15) is 0 Å². The van der Waals surface area contributed by atoms with Crippen LogP contribution >= 0.6 is 0 Å². The predicted molar refractivity (Wildman–Crippen MR) is 75.4 cm³/mol. The van der Waals surface area contributed by atoms with E-state index in [1.165, 1.54) is 12.1 Å². The molecule has 1 amide bonds. The predicted octanol–water partition coefficient (Wildman–Crippen LogP) is 0.191. The number of hydrogen-bond donors (Lipinski definition) is 0. The van der Waals surface area contributed by atoms with Gasteiger partial charge in [-0.15, -0.1) is 0 Å². The molecule has 0 aliphatic carbocycles. The van der Waals surface area contributed by atoms with E-state index in [0.717, 1.165) is 0 Å². The van der Waals surface area contributed by atoms with Crippen LogP contribution < -0.4 is 0 Å². The maximum Gasteiger partial charge on any atom is 3.00 e. The molecular weight excluding hydrogens is 500 g/mol. The first-order valence-corrected chi connectivity index (χ1v) is 6.81. The number of amides is 1. The zero-order chi connectivity index (χ0) is 23.1. The van der Waals surface area contributed by atoms with E-state index < -0.39 is 15.9 Å². The maximum atomic E-state index is 11.8. The Balaban J connectivity index is -0.0000000601. The van der Waals surface area contributed by atoms with Crippen LogP contribution in [0.15, 0.2) is 29.2 Å². The summed E-state index contributed by atoms with van der Waals surface area (Å²) >= 11 is 0. The van der Waals surface area contributed by atoms with Crippen LogP contribution in [0.5, 0.6) is 0 Å². The molecule has 0 saturated carbocycles. The van der Waals surface area contributed by atoms with Crippen LogP contribution in [0.1, 0.15) is 10.4 Å². The van der Waals surface area contributed by atoms with Gasteiger partial charge in [0, 0.05) is 16.8 Å². The van der Waals surface area contributed by atoms with Gasteiger partial charge < -0.3 is 12.3 Å². The van der Waals surface area contributed by atoms with Gasteiger partial charge in [0.05, 0.1) is 12.1 Å². The number of hydrogen-bond acceptors (Lipinski definition) is 3. The van der Waals surface area contributed by atoms with Crippen molar-refractivity contribution in [3.8, 4) is 5.92 Å². The molecule has 1 aliphatic rings. The molecule has 10 nitrogen and oxygen atoms in total. The second-order valence-electron chi connectivity index (χ2n) is 2.99. The molecule has 0 saturated heterocycles. The molecular formula is C16H6Co2NO9S+2. The summed E-state index contributed by atoms with van der Waals surface area (Å²) in [5.74, 6) is 1.31. The van der Waals surface area contributed by atoms with Gasteiger partial charge in [0.1, 0.15) is 4.90 Å². The fraction of sp³-hybridized carbons (Fsp3) is 0.0625. The van der Waals surface area contributed by atoms with Gasteiger partial charge in [0.15, 0.2) is 0 Å². The Kier molecular flexibility index (Phi) is 52.1. The van der Waals surface area contributed by atoms with Crippen molar-refractivity contribution in [2.24, 2.45) is 0 Å². The third kappa shape index (κ3) is 14.3. The molecule has 1 aromatic carbocycles. The van der Waals surface area contributed by atoms with Crippen LogP contribution in [-0.2, 0) is 71.5 Å². The average molecular weight is 506 g/mol. The Hall–Kier alpha value is -2.35. The smallest absolute Gasteiger partial charge is 0 e. The fourth-order valence-corrected chi connectivity index (χ4v) is 2.93. The molecule has 0 spiro atoms. The first kappa shape index (κ1) is 45.4. The minimum Gasteiger partial charge on any atom is 0 e. The fourth-order valence-electron chi connectivity index (χ4n) is 1.46. The minimum absolute atomic E-state index is 0. The third-order valence-corrected chi connectivity index (χ3v) is 3.92. The molecule has 0 bridgehead atoms. The summed E-state index contributed by atoms with van der Waals surface area (Å²) in [6.45, 7) is 26.7. The molecule has 1 aliphatic heterocycles. The van der Waals surface area contributed by atoms with Crippen LogP contribution in [-0.4, -0.2) is 25.2 Å². The molecule has 0 aromatic heterocycles. The van der Waals surface area contributed by atoms with E-state index in [0.29, 0.717) is 4.31 Å². The first-order valence-electron chi connectivity index (χ1n) is 5.37. The van der Waals surface area contributed by atoms with E-state index in [1.807, 2.05) is 5.92 Å². The molecule has 0 fully saturated rings. The number of rotatable bonds is 1. The van der Waals surface area contributed by atoms with Crippen molar-refractivity contribution in [1.82, 2.24) is 4.31 Å². The summed E-state index contributed by atoms with van der Waals surface area (Å²) in [7, 11) is -3.76. The summed E-state index contributed by atoms with van der Waals surface area (Å²) in [4.78, 5) is 11.6. The molecule has 2 rings (SSSR count). The molecule has 1 radical (unpaired) electrons. The van der Waals surface area contributed by atoms with Gasteiger partial charge >= 0.3 is 84.6 Å². The SMILES string of the molecule is [C-]#CCN1C(=O)c2ccccc2S1(=O)=O.[C-]#[O+].[C-]#[O+].[C-]#[O+].[C-]#[O+].[C-]#[O+].[C-]#[O+].[Co+3].[Co]. The quantitative estimate of drug-likeness (QED) is 0.301. The van der Waals surface area contributed by atoms with Crippen LogP contribution in [0.4, 0.5) is 0 Å². The Morgan fingerprint density at radius 1 is 0.828 bits per heavy atom. The third-order valence-electron chi connectivity index (χ3n) is 2.13. The maximum absolute atomic E-state index is 11.8. The van der Waals surface area contributed by atoms with Crippen molar-refractivity contribution >= 4 is 15.9 Å². The second kappa shape index (κ2) is 33.3. The molecule has 0 unspecified atom stereocenters. The zero-order valence-electron chi connectivity index (χ0n) is 13.7. The summed E-state index contributed by atoms with van der Waals surface area (Å²) in [6, 6.07) is 6.00. The topological polar surface area (TPSA) is 174 Å². The van der Waals surface area contributed by atoms with Crippen LogP contribution in [0.25, 0.3) is 0 Å². The van der Waals surface area contributed by atoms with Gasteiger partial charge in [0.25, 0.3) is 15.9 Å². The minimum atomic E-state index is -3.76. The van der Waals surface area contributed by atoms with E-state index in [9.17, 15) is 13.2 Å². The standard InChI is InChI=1S/C10H6NO3S.6CO.2Co/c1-2-7-11-10(12)8-5-3-4-6-9(8)15(11,13)14;6*1-2;;/h3-6H,7H2;;;;;;;;/q-1;;;;;;;;+3. The van der Waals surface area contributed by atoms with Crippen molar-refractivity contribution in [1.29, 1.82) is 0 Å². The van der Waals surface area contributed by atoms with Gasteiger partial charge in [0.2, 0.25) is 0 Å². The van der Waals surface area contributed by atoms with Crippen molar-refractivity contribution in [3.63, 3.8) is 0 Å². The van der Waals surface area contributed by atoms with Gasteiger partial charge in [-0.05, 0) is 12.1 Å². The molecule has 1 heterocycles. The molecule has 1 aromatic rings. The monoisotopic (exact) mass is 506 g/mol. The Labute approximate surface area is 188 Å². The van der Waals surface area contributed by atoms with Gasteiger partial charge in [-0.25, -0.2) is 12.7 Å². The summed E-state index contributed by atoms with van der Waals surface area (Å²) < 4.78 is 69.2. The van der Waals surface area contributed by atoms with Gasteiger partial charge in [-0.1, -0.05) is 12.1 Å². The Bertz CT molecular complexity index is 785. The second-order valence-corrected chi connectivity index (χ2v) is 4.82. The van der Waals surface area contributed by atoms with Crippen molar-refractivity contribution in [2.75, 3.05) is 6.54 Å². The normalized spacial score (nSPS) is 9.34. The average Bonchev–Trinajstić information content (AvgIpc) is 2.98. The van der Waals surface area contributed by atoms with Crippen molar-refractivity contribution < 1.29 is 74.7 Å². The van der Waals surface area contributed by atoms with Crippen LogP contribution in [0.3, 0.4) is 0 Å². The molecule has 0 N–H and O–H groups in total. The number of carbonyl (C=O) groups excluding carboxylic acids is 1. The number of benzene rings is 1. The molecule has 13 heteroatoms. The zero-order valence-corrected chi connectivity index (χ0v) is 16.6. The Morgan fingerprint density at radius 3 is 1.48 bits per heavy atom. The van der Waals surface area contributed by atoms with E-state index in [4.69, 9.17) is 34.3 Å². The number of nitrogens with zero attached hydrogens (tertiary/aromatic N) is 1. The first-order chi connectivity index (χ1) is 13.1. The summed E-state index contributed by atoms with van der Waals surface area (Å²) in [5.41, 5.74) is 0.160. The van der Waals surface area contributed by atoms with E-state index in [1.54, 1.807) is 12.1 Å². The van der Waals surface area contributed by atoms with Crippen molar-refractivity contribution in [3.05, 3.63) is 76.2 Å². The van der Waals surface area contributed by atoms with E-state index >= 15 is 0 Å².